The van der Waals surface area contributed by atoms with Gasteiger partial charge >= 0.3 is 6.09 Å². The highest BCUT2D eigenvalue weighted by atomic mass is 16.6. The molecule has 2 bridgehead atoms. The third-order valence-electron chi connectivity index (χ3n) is 8.05. The van der Waals surface area contributed by atoms with Gasteiger partial charge in [-0.05, 0) is 71.1 Å². The lowest BCUT2D eigenvalue weighted by Gasteiger charge is -2.44. The van der Waals surface area contributed by atoms with Gasteiger partial charge in [-0.1, -0.05) is 92.2 Å². The van der Waals surface area contributed by atoms with Gasteiger partial charge in [-0.15, -0.1) is 0 Å². The quantitative estimate of drug-likeness (QED) is 0.390. The van der Waals surface area contributed by atoms with Crippen LogP contribution in [0.3, 0.4) is 0 Å². The number of fused-ring (bicyclic) bond motifs is 5. The number of amides is 1. The molecule has 2 aliphatic heterocycles. The van der Waals surface area contributed by atoms with E-state index in [1.165, 1.54) is 51.8 Å². The summed E-state index contributed by atoms with van der Waals surface area (Å²) < 4.78 is 6.06. The van der Waals surface area contributed by atoms with Crippen LogP contribution in [0.15, 0.2) is 78.9 Å². The number of nitrogens with zero attached hydrogens (tertiary/aromatic N) is 1. The van der Waals surface area contributed by atoms with Crippen LogP contribution in [0.5, 0.6) is 0 Å². The Labute approximate surface area is 208 Å². The second-order valence-corrected chi connectivity index (χ2v) is 10.2. The molecule has 2 heterocycles. The molecule has 0 radical (unpaired) electrons. The molecular weight excluding hydrogens is 430 g/mol. The minimum Gasteiger partial charge on any atom is -0.448 e. The van der Waals surface area contributed by atoms with Crippen LogP contribution in [0.25, 0.3) is 16.7 Å². The van der Waals surface area contributed by atoms with E-state index in [0.717, 1.165) is 25.7 Å². The zero-order chi connectivity index (χ0) is 23.8. The highest BCUT2D eigenvalue weighted by Crippen LogP contribution is 2.45. The maximum absolute atomic E-state index is 13.4. The monoisotopic (exact) mass is 463 g/mol. The summed E-state index contributed by atoms with van der Waals surface area (Å²) in [6.07, 6.45) is 8.60. The molecule has 3 nitrogen and oxygen atoms in total. The first-order valence-electron chi connectivity index (χ1n) is 13.2. The molecule has 35 heavy (non-hydrogen) atoms. The van der Waals surface area contributed by atoms with E-state index in [4.69, 9.17) is 4.74 Å². The van der Waals surface area contributed by atoms with E-state index in [0.29, 0.717) is 6.61 Å². The fourth-order valence-electron chi connectivity index (χ4n) is 6.37. The van der Waals surface area contributed by atoms with Crippen molar-refractivity contribution in [2.45, 2.75) is 63.5 Å². The fraction of sp³-hybridized carbons (Fsp3) is 0.344. The molecule has 6 rings (SSSR count). The van der Waals surface area contributed by atoms with Crippen molar-refractivity contribution in [1.29, 1.82) is 0 Å². The van der Waals surface area contributed by atoms with Crippen molar-refractivity contribution in [3.05, 3.63) is 101 Å². The van der Waals surface area contributed by atoms with Gasteiger partial charge in [0.25, 0.3) is 0 Å². The van der Waals surface area contributed by atoms with Crippen molar-refractivity contribution in [1.82, 2.24) is 4.90 Å². The summed E-state index contributed by atoms with van der Waals surface area (Å²) >= 11 is 0. The van der Waals surface area contributed by atoms with Gasteiger partial charge in [-0.25, -0.2) is 4.79 Å². The summed E-state index contributed by atoms with van der Waals surface area (Å²) in [7, 11) is 0. The van der Waals surface area contributed by atoms with Crippen molar-refractivity contribution in [3.63, 3.8) is 0 Å². The Hall–Kier alpha value is -3.33. The molecule has 0 saturated carbocycles. The molecule has 3 aromatic carbocycles. The predicted molar refractivity (Wildman–Crippen MR) is 141 cm³/mol. The second-order valence-electron chi connectivity index (χ2n) is 10.2. The number of ether oxygens (including phenoxy) is 1. The van der Waals surface area contributed by atoms with E-state index in [1.54, 1.807) is 0 Å². The van der Waals surface area contributed by atoms with E-state index < -0.39 is 0 Å². The summed E-state index contributed by atoms with van der Waals surface area (Å²) in [6, 6.07) is 26.4. The minimum atomic E-state index is -0.157. The molecule has 3 aliphatic rings. The average molecular weight is 464 g/mol. The lowest BCUT2D eigenvalue weighted by Crippen LogP contribution is -2.51. The SMILES string of the molecule is CCCc1ccc(C2=CC3CCCC(C2)N3C(=O)OCC2c3ccccc3-c3ccccc32)cc1. The number of benzene rings is 3. The van der Waals surface area contributed by atoms with Crippen molar-refractivity contribution in [3.8, 4) is 11.1 Å². The molecule has 1 saturated heterocycles. The van der Waals surface area contributed by atoms with E-state index >= 15 is 0 Å². The Morgan fingerprint density at radius 2 is 1.60 bits per heavy atom. The topological polar surface area (TPSA) is 29.5 Å². The van der Waals surface area contributed by atoms with E-state index in [2.05, 4.69) is 85.8 Å². The Balaban J connectivity index is 1.19. The van der Waals surface area contributed by atoms with Crippen molar-refractivity contribution >= 4 is 11.7 Å². The van der Waals surface area contributed by atoms with Crippen LogP contribution in [-0.4, -0.2) is 29.7 Å². The van der Waals surface area contributed by atoms with Crippen LogP contribution in [0, 0.1) is 0 Å². The van der Waals surface area contributed by atoms with Crippen LogP contribution in [0.4, 0.5) is 4.79 Å². The molecule has 1 amide bonds. The maximum Gasteiger partial charge on any atom is 0.410 e. The van der Waals surface area contributed by atoms with Gasteiger partial charge in [0, 0.05) is 12.0 Å². The van der Waals surface area contributed by atoms with Crippen LogP contribution >= 0.6 is 0 Å². The zero-order valence-corrected chi connectivity index (χ0v) is 20.5. The number of hydrogen-bond acceptors (Lipinski definition) is 2. The summed E-state index contributed by atoms with van der Waals surface area (Å²) in [5.74, 6) is 0.101. The molecule has 3 aromatic rings. The summed E-state index contributed by atoms with van der Waals surface area (Å²) in [5, 5.41) is 0. The van der Waals surface area contributed by atoms with Crippen molar-refractivity contribution in [2.24, 2.45) is 0 Å². The number of hydrogen-bond donors (Lipinski definition) is 0. The molecule has 178 valence electrons. The summed E-state index contributed by atoms with van der Waals surface area (Å²) in [4.78, 5) is 15.5. The third-order valence-corrected chi connectivity index (χ3v) is 8.05. The standard InChI is InChI=1S/C32H33NO2/c1-2-8-22-15-17-23(18-16-22)24-19-25-9-7-10-26(20-24)33(25)32(34)35-21-31-29-13-5-3-11-27(29)28-12-4-6-14-30(28)31/h3-6,11-19,25-26,31H,2,7-10,20-21H2,1H3. The molecule has 1 aliphatic carbocycles. The van der Waals surface area contributed by atoms with Gasteiger partial charge in [0.1, 0.15) is 6.61 Å². The zero-order valence-electron chi connectivity index (χ0n) is 20.5. The lowest BCUT2D eigenvalue weighted by molar-refractivity contribution is 0.0539. The van der Waals surface area contributed by atoms with Crippen LogP contribution in [0.1, 0.15) is 67.2 Å². The van der Waals surface area contributed by atoms with Crippen LogP contribution < -0.4 is 0 Å². The van der Waals surface area contributed by atoms with Gasteiger partial charge in [-0.3, -0.25) is 4.90 Å². The Kier molecular flexibility index (Phi) is 5.93. The third kappa shape index (κ3) is 4.07. The molecular formula is C32H33NO2. The number of carbonyl (C=O) groups excluding carboxylic acids is 1. The fourth-order valence-corrected chi connectivity index (χ4v) is 6.37. The molecule has 3 heteroatoms. The van der Waals surface area contributed by atoms with Gasteiger partial charge in [-0.2, -0.15) is 0 Å². The lowest BCUT2D eigenvalue weighted by atomic mass is 9.83. The number of carbonyl (C=O) groups is 1. The first-order valence-corrected chi connectivity index (χ1v) is 13.2. The Morgan fingerprint density at radius 1 is 0.914 bits per heavy atom. The van der Waals surface area contributed by atoms with Crippen LogP contribution in [-0.2, 0) is 11.2 Å². The molecule has 0 N–H and O–H groups in total. The van der Waals surface area contributed by atoms with Gasteiger partial charge in [0.05, 0.1) is 6.04 Å². The average Bonchev–Trinajstić information content (AvgIpc) is 3.21. The molecule has 1 fully saturated rings. The largest absolute Gasteiger partial charge is 0.448 e. The number of rotatable bonds is 5. The highest BCUT2D eigenvalue weighted by Gasteiger charge is 2.39. The van der Waals surface area contributed by atoms with Gasteiger partial charge in [0.15, 0.2) is 0 Å². The molecule has 2 unspecified atom stereocenters. The molecule has 0 aromatic heterocycles. The first-order chi connectivity index (χ1) is 17.2. The van der Waals surface area contributed by atoms with Gasteiger partial charge < -0.3 is 4.74 Å². The second kappa shape index (κ2) is 9.37. The normalized spacial score (nSPS) is 20.7. The minimum absolute atomic E-state index is 0.101. The van der Waals surface area contributed by atoms with E-state index in [1.807, 2.05) is 4.90 Å². The Bertz CT molecular complexity index is 1210. The highest BCUT2D eigenvalue weighted by molar-refractivity contribution is 5.79. The maximum atomic E-state index is 13.4. The first kappa shape index (κ1) is 22.2. The van der Waals surface area contributed by atoms with E-state index in [-0.39, 0.29) is 24.1 Å². The van der Waals surface area contributed by atoms with Gasteiger partial charge in [0.2, 0.25) is 0 Å². The summed E-state index contributed by atoms with van der Waals surface area (Å²) in [6.45, 7) is 2.61. The van der Waals surface area contributed by atoms with Crippen molar-refractivity contribution < 1.29 is 9.53 Å². The van der Waals surface area contributed by atoms with E-state index in [9.17, 15) is 4.79 Å². The number of aryl methyl sites for hydroxylation is 1. The molecule has 2 atom stereocenters. The Morgan fingerprint density at radius 3 is 2.26 bits per heavy atom. The molecule has 0 spiro atoms. The summed E-state index contributed by atoms with van der Waals surface area (Å²) in [5.41, 5.74) is 9.11. The van der Waals surface area contributed by atoms with Crippen molar-refractivity contribution in [2.75, 3.05) is 6.61 Å². The predicted octanol–water partition coefficient (Wildman–Crippen LogP) is 7.60. The van der Waals surface area contributed by atoms with Crippen LogP contribution in [0.2, 0.25) is 0 Å². The smallest absolute Gasteiger partial charge is 0.410 e. The number of piperidine rings is 1.